The first-order valence-corrected chi connectivity index (χ1v) is 5.23. The third-order valence-electron chi connectivity index (χ3n) is 3.67. The summed E-state index contributed by atoms with van der Waals surface area (Å²) in [5.74, 6) is 0.726. The van der Waals surface area contributed by atoms with E-state index in [0.29, 0.717) is 12.3 Å². The topological polar surface area (TPSA) is 20.3 Å². The van der Waals surface area contributed by atoms with Crippen molar-refractivity contribution in [3.05, 3.63) is 11.6 Å². The van der Waals surface area contributed by atoms with Crippen molar-refractivity contribution in [1.29, 1.82) is 0 Å². The van der Waals surface area contributed by atoms with Crippen LogP contribution in [0.25, 0.3) is 0 Å². The maximum Gasteiger partial charge on any atom is 0.222 e. The first-order valence-electron chi connectivity index (χ1n) is 5.23. The van der Waals surface area contributed by atoms with E-state index in [9.17, 15) is 4.79 Å². The molecular weight excluding hydrogens is 174 g/mol. The van der Waals surface area contributed by atoms with Crippen LogP contribution in [0.15, 0.2) is 11.6 Å². The van der Waals surface area contributed by atoms with Gasteiger partial charge in [0.25, 0.3) is 0 Å². The zero-order chi connectivity index (χ0) is 10.9. The molecule has 1 aliphatic carbocycles. The summed E-state index contributed by atoms with van der Waals surface area (Å²) in [6.45, 7) is 6.64. The Hall–Kier alpha value is -0.790. The molecule has 0 aliphatic heterocycles. The number of carbonyl (C=O) groups is 1. The molecule has 0 saturated carbocycles. The summed E-state index contributed by atoms with van der Waals surface area (Å²) >= 11 is 0. The Kier molecular flexibility index (Phi) is 3.03. The van der Waals surface area contributed by atoms with Gasteiger partial charge in [0.1, 0.15) is 0 Å². The SMILES string of the molecule is CC1=CCC(CC(=O)N(C)C)C1(C)C. The number of amides is 1. The molecule has 0 aromatic heterocycles. The molecular formula is C12H21NO. The molecule has 0 radical (unpaired) electrons. The van der Waals surface area contributed by atoms with Crippen LogP contribution in [0, 0.1) is 11.3 Å². The van der Waals surface area contributed by atoms with E-state index in [4.69, 9.17) is 0 Å². The predicted molar refractivity (Wildman–Crippen MR) is 59.0 cm³/mol. The van der Waals surface area contributed by atoms with Gasteiger partial charge in [0, 0.05) is 20.5 Å². The number of allylic oxidation sites excluding steroid dienone is 2. The van der Waals surface area contributed by atoms with Gasteiger partial charge in [-0.05, 0) is 24.7 Å². The Bertz CT molecular complexity index is 263. The zero-order valence-corrected chi connectivity index (χ0v) is 9.92. The van der Waals surface area contributed by atoms with Crippen LogP contribution in [0.5, 0.6) is 0 Å². The minimum atomic E-state index is 0.200. The molecule has 0 heterocycles. The lowest BCUT2D eigenvalue weighted by Crippen LogP contribution is -2.29. The highest BCUT2D eigenvalue weighted by Gasteiger charge is 2.36. The van der Waals surface area contributed by atoms with E-state index in [0.717, 1.165) is 6.42 Å². The fourth-order valence-electron chi connectivity index (χ4n) is 1.93. The Balaban J connectivity index is 2.62. The van der Waals surface area contributed by atoms with E-state index >= 15 is 0 Å². The van der Waals surface area contributed by atoms with Crippen molar-refractivity contribution in [1.82, 2.24) is 4.90 Å². The van der Waals surface area contributed by atoms with E-state index in [1.54, 1.807) is 4.90 Å². The van der Waals surface area contributed by atoms with Gasteiger partial charge in [0.15, 0.2) is 0 Å². The van der Waals surface area contributed by atoms with Gasteiger partial charge in [-0.1, -0.05) is 25.5 Å². The molecule has 1 amide bonds. The Morgan fingerprint density at radius 3 is 2.50 bits per heavy atom. The third-order valence-corrected chi connectivity index (χ3v) is 3.67. The molecule has 0 fully saturated rings. The Morgan fingerprint density at radius 1 is 1.57 bits per heavy atom. The summed E-state index contributed by atoms with van der Waals surface area (Å²) in [5.41, 5.74) is 1.63. The van der Waals surface area contributed by atoms with Gasteiger partial charge in [0.05, 0.1) is 0 Å². The zero-order valence-electron chi connectivity index (χ0n) is 9.92. The summed E-state index contributed by atoms with van der Waals surface area (Å²) in [7, 11) is 3.65. The van der Waals surface area contributed by atoms with Crippen LogP contribution < -0.4 is 0 Å². The van der Waals surface area contributed by atoms with Gasteiger partial charge in [-0.3, -0.25) is 4.79 Å². The average Bonchev–Trinajstić information content (AvgIpc) is 2.31. The third kappa shape index (κ3) is 1.99. The fraction of sp³-hybridized carbons (Fsp3) is 0.750. The van der Waals surface area contributed by atoms with Crippen molar-refractivity contribution >= 4 is 5.91 Å². The van der Waals surface area contributed by atoms with Gasteiger partial charge in [-0.2, -0.15) is 0 Å². The van der Waals surface area contributed by atoms with Crippen LogP contribution in [0.2, 0.25) is 0 Å². The van der Waals surface area contributed by atoms with Gasteiger partial charge in [0.2, 0.25) is 5.91 Å². The number of hydrogen-bond donors (Lipinski definition) is 0. The standard InChI is InChI=1S/C12H21NO/c1-9-6-7-10(12(9,2)3)8-11(14)13(4)5/h6,10H,7-8H2,1-5H3. The van der Waals surface area contributed by atoms with Crippen LogP contribution in [0.4, 0.5) is 0 Å². The fourth-order valence-corrected chi connectivity index (χ4v) is 1.93. The molecule has 0 bridgehead atoms. The molecule has 14 heavy (non-hydrogen) atoms. The monoisotopic (exact) mass is 195 g/mol. The Morgan fingerprint density at radius 2 is 2.14 bits per heavy atom. The quantitative estimate of drug-likeness (QED) is 0.620. The van der Waals surface area contributed by atoms with Crippen molar-refractivity contribution in [2.45, 2.75) is 33.6 Å². The van der Waals surface area contributed by atoms with Crippen molar-refractivity contribution in [2.24, 2.45) is 11.3 Å². The number of nitrogens with zero attached hydrogens (tertiary/aromatic N) is 1. The van der Waals surface area contributed by atoms with Crippen LogP contribution in [0.1, 0.15) is 33.6 Å². The molecule has 2 nitrogen and oxygen atoms in total. The van der Waals surface area contributed by atoms with Crippen LogP contribution in [0.3, 0.4) is 0 Å². The Labute approximate surface area is 87.0 Å². The highest BCUT2D eigenvalue weighted by molar-refractivity contribution is 5.76. The molecule has 0 saturated heterocycles. The van der Waals surface area contributed by atoms with E-state index in [-0.39, 0.29) is 11.3 Å². The largest absolute Gasteiger partial charge is 0.349 e. The van der Waals surface area contributed by atoms with Gasteiger partial charge < -0.3 is 4.90 Å². The van der Waals surface area contributed by atoms with E-state index in [1.165, 1.54) is 5.57 Å². The van der Waals surface area contributed by atoms with Gasteiger partial charge in [-0.15, -0.1) is 0 Å². The summed E-state index contributed by atoms with van der Waals surface area (Å²) in [5, 5.41) is 0. The second-order valence-electron chi connectivity index (χ2n) is 5.03. The number of hydrogen-bond acceptors (Lipinski definition) is 1. The summed E-state index contributed by atoms with van der Waals surface area (Å²) in [6, 6.07) is 0. The molecule has 0 N–H and O–H groups in total. The highest BCUT2D eigenvalue weighted by Crippen LogP contribution is 2.44. The number of carbonyl (C=O) groups excluding carboxylic acids is 1. The van der Waals surface area contributed by atoms with Crippen molar-refractivity contribution in [2.75, 3.05) is 14.1 Å². The van der Waals surface area contributed by atoms with Crippen molar-refractivity contribution < 1.29 is 4.79 Å². The second-order valence-corrected chi connectivity index (χ2v) is 5.03. The average molecular weight is 195 g/mol. The minimum Gasteiger partial charge on any atom is -0.349 e. The number of rotatable bonds is 2. The van der Waals surface area contributed by atoms with E-state index in [2.05, 4.69) is 26.8 Å². The normalized spacial score (nSPS) is 24.6. The predicted octanol–water partition coefficient (Wildman–Crippen LogP) is 2.46. The van der Waals surface area contributed by atoms with Crippen LogP contribution in [-0.2, 0) is 4.79 Å². The van der Waals surface area contributed by atoms with Crippen molar-refractivity contribution in [3.8, 4) is 0 Å². The molecule has 80 valence electrons. The minimum absolute atomic E-state index is 0.200. The van der Waals surface area contributed by atoms with Gasteiger partial charge in [-0.25, -0.2) is 0 Å². The lowest BCUT2D eigenvalue weighted by atomic mass is 9.76. The maximum absolute atomic E-state index is 11.6. The first kappa shape index (κ1) is 11.3. The first-order chi connectivity index (χ1) is 6.35. The highest BCUT2D eigenvalue weighted by atomic mass is 16.2. The van der Waals surface area contributed by atoms with Gasteiger partial charge >= 0.3 is 0 Å². The molecule has 1 aliphatic rings. The molecule has 0 aromatic carbocycles. The molecule has 1 rings (SSSR count). The van der Waals surface area contributed by atoms with E-state index < -0.39 is 0 Å². The molecule has 2 heteroatoms. The second kappa shape index (κ2) is 3.76. The van der Waals surface area contributed by atoms with Crippen LogP contribution >= 0.6 is 0 Å². The summed E-state index contributed by atoms with van der Waals surface area (Å²) < 4.78 is 0. The molecule has 0 aromatic rings. The van der Waals surface area contributed by atoms with Crippen LogP contribution in [-0.4, -0.2) is 24.9 Å². The summed E-state index contributed by atoms with van der Waals surface area (Å²) in [6.07, 6.45) is 4.00. The molecule has 0 spiro atoms. The van der Waals surface area contributed by atoms with Crippen molar-refractivity contribution in [3.63, 3.8) is 0 Å². The summed E-state index contributed by atoms with van der Waals surface area (Å²) in [4.78, 5) is 13.3. The smallest absolute Gasteiger partial charge is 0.222 e. The molecule has 1 unspecified atom stereocenters. The molecule has 1 atom stereocenters. The maximum atomic E-state index is 11.6. The lowest BCUT2D eigenvalue weighted by Gasteiger charge is -2.30. The van der Waals surface area contributed by atoms with E-state index in [1.807, 2.05) is 14.1 Å². The lowest BCUT2D eigenvalue weighted by molar-refractivity contribution is -0.130.